The zero-order chi connectivity index (χ0) is 13.5. The van der Waals surface area contributed by atoms with Gasteiger partial charge in [-0.1, -0.05) is 32.4 Å². The van der Waals surface area contributed by atoms with E-state index < -0.39 is 5.97 Å². The minimum absolute atomic E-state index is 0.163. The summed E-state index contributed by atoms with van der Waals surface area (Å²) in [4.78, 5) is 15.9. The molecule has 0 saturated carbocycles. The second kappa shape index (κ2) is 4.09. The van der Waals surface area contributed by atoms with Gasteiger partial charge in [0, 0.05) is 16.5 Å². The molecule has 0 radical (unpaired) electrons. The fourth-order valence-electron chi connectivity index (χ4n) is 1.90. The second-order valence-electron chi connectivity index (χ2n) is 5.63. The molecule has 2 aromatic rings. The molecule has 0 spiro atoms. The molecule has 1 aromatic carbocycles. The van der Waals surface area contributed by atoms with Crippen molar-refractivity contribution in [1.29, 1.82) is 0 Å². The Labute approximate surface area is 106 Å². The third-order valence-corrected chi connectivity index (χ3v) is 2.96. The van der Waals surface area contributed by atoms with Crippen LogP contribution in [0.5, 0.6) is 0 Å². The minimum Gasteiger partial charge on any atom is -0.478 e. The van der Waals surface area contributed by atoms with Crippen molar-refractivity contribution in [2.24, 2.45) is 0 Å². The second-order valence-corrected chi connectivity index (χ2v) is 5.63. The molecule has 0 fully saturated rings. The van der Waals surface area contributed by atoms with Gasteiger partial charge >= 0.3 is 5.97 Å². The molecule has 0 aliphatic carbocycles. The minimum atomic E-state index is -0.904. The summed E-state index contributed by atoms with van der Waals surface area (Å²) in [6.45, 7) is 8.03. The van der Waals surface area contributed by atoms with Gasteiger partial charge in [-0.15, -0.1) is 0 Å². The molecule has 1 heterocycles. The number of benzene rings is 1. The van der Waals surface area contributed by atoms with Crippen LogP contribution in [-0.2, 0) is 5.41 Å². The largest absolute Gasteiger partial charge is 0.478 e. The first-order chi connectivity index (χ1) is 8.29. The van der Waals surface area contributed by atoms with Crippen molar-refractivity contribution in [3.05, 3.63) is 41.1 Å². The van der Waals surface area contributed by atoms with Crippen molar-refractivity contribution in [1.82, 2.24) is 4.98 Å². The highest BCUT2D eigenvalue weighted by atomic mass is 16.4. The van der Waals surface area contributed by atoms with Crippen LogP contribution in [0.1, 0.15) is 42.4 Å². The third-order valence-electron chi connectivity index (χ3n) is 2.96. The molecular formula is C15H17NO2. The van der Waals surface area contributed by atoms with Crippen molar-refractivity contribution in [2.45, 2.75) is 33.1 Å². The first kappa shape index (κ1) is 12.6. The molecule has 94 valence electrons. The zero-order valence-corrected chi connectivity index (χ0v) is 11.1. The first-order valence-electron chi connectivity index (χ1n) is 5.94. The van der Waals surface area contributed by atoms with Gasteiger partial charge in [0.15, 0.2) is 0 Å². The van der Waals surface area contributed by atoms with Crippen LogP contribution in [0.4, 0.5) is 0 Å². The Balaban J connectivity index is 2.83. The van der Waals surface area contributed by atoms with Crippen LogP contribution in [0, 0.1) is 6.92 Å². The number of nitrogens with zero attached hydrogens (tertiary/aromatic N) is 1. The van der Waals surface area contributed by atoms with Crippen molar-refractivity contribution in [3.8, 4) is 0 Å². The van der Waals surface area contributed by atoms with E-state index in [1.165, 1.54) is 0 Å². The standard InChI is InChI=1S/C15H17NO2/c1-9-5-6-12-10(7-9)11(14(17)18)8-13(16-12)15(2,3)4/h5-8H,1-4H3,(H,17,18). The van der Waals surface area contributed by atoms with Crippen molar-refractivity contribution < 1.29 is 9.90 Å². The molecule has 18 heavy (non-hydrogen) atoms. The summed E-state index contributed by atoms with van der Waals surface area (Å²) >= 11 is 0. The van der Waals surface area contributed by atoms with Gasteiger partial charge in [-0.2, -0.15) is 0 Å². The number of fused-ring (bicyclic) bond motifs is 1. The van der Waals surface area contributed by atoms with Crippen LogP contribution in [-0.4, -0.2) is 16.1 Å². The van der Waals surface area contributed by atoms with Crippen molar-refractivity contribution in [2.75, 3.05) is 0 Å². The Hall–Kier alpha value is -1.90. The van der Waals surface area contributed by atoms with E-state index in [0.717, 1.165) is 16.8 Å². The van der Waals surface area contributed by atoms with Crippen LogP contribution in [0.15, 0.2) is 24.3 Å². The molecular weight excluding hydrogens is 226 g/mol. The van der Waals surface area contributed by atoms with Gasteiger partial charge in [0.25, 0.3) is 0 Å². The average Bonchev–Trinajstić information content (AvgIpc) is 2.25. The molecule has 1 aromatic heterocycles. The van der Waals surface area contributed by atoms with E-state index in [-0.39, 0.29) is 5.41 Å². The van der Waals surface area contributed by atoms with Crippen LogP contribution >= 0.6 is 0 Å². The molecule has 2 rings (SSSR count). The molecule has 3 heteroatoms. The molecule has 0 bridgehead atoms. The lowest BCUT2D eigenvalue weighted by molar-refractivity contribution is 0.0699. The Morgan fingerprint density at radius 1 is 1.22 bits per heavy atom. The predicted octanol–water partition coefficient (Wildman–Crippen LogP) is 3.54. The van der Waals surface area contributed by atoms with Gasteiger partial charge in [0.1, 0.15) is 0 Å². The quantitative estimate of drug-likeness (QED) is 0.833. The monoisotopic (exact) mass is 243 g/mol. The summed E-state index contributed by atoms with van der Waals surface area (Å²) in [5, 5.41) is 10.0. The smallest absolute Gasteiger partial charge is 0.336 e. The topological polar surface area (TPSA) is 50.2 Å². The Kier molecular flexibility index (Phi) is 2.85. The molecule has 0 saturated heterocycles. The van der Waals surface area contributed by atoms with Crippen LogP contribution in [0.3, 0.4) is 0 Å². The molecule has 0 atom stereocenters. The van der Waals surface area contributed by atoms with Crippen LogP contribution < -0.4 is 0 Å². The fourth-order valence-corrected chi connectivity index (χ4v) is 1.90. The van der Waals surface area contributed by atoms with Crippen molar-refractivity contribution in [3.63, 3.8) is 0 Å². The number of aromatic carboxylic acids is 1. The van der Waals surface area contributed by atoms with E-state index in [1.807, 2.05) is 45.9 Å². The van der Waals surface area contributed by atoms with E-state index in [1.54, 1.807) is 6.07 Å². The summed E-state index contributed by atoms with van der Waals surface area (Å²) in [5.41, 5.74) is 2.74. The van der Waals surface area contributed by atoms with Gasteiger partial charge in [-0.3, -0.25) is 4.98 Å². The summed E-state index contributed by atoms with van der Waals surface area (Å²) in [7, 11) is 0. The number of carboxylic acid groups (broad SMARTS) is 1. The zero-order valence-electron chi connectivity index (χ0n) is 11.1. The van der Waals surface area contributed by atoms with E-state index in [4.69, 9.17) is 0 Å². The third kappa shape index (κ3) is 2.21. The molecule has 3 nitrogen and oxygen atoms in total. The number of pyridine rings is 1. The highest BCUT2D eigenvalue weighted by Gasteiger charge is 2.20. The van der Waals surface area contributed by atoms with Crippen molar-refractivity contribution >= 4 is 16.9 Å². The summed E-state index contributed by atoms with van der Waals surface area (Å²) in [5.74, 6) is -0.904. The first-order valence-corrected chi connectivity index (χ1v) is 5.94. The number of aryl methyl sites for hydroxylation is 1. The molecule has 0 aliphatic heterocycles. The van der Waals surface area contributed by atoms with E-state index in [9.17, 15) is 9.90 Å². The summed E-state index contributed by atoms with van der Waals surface area (Å²) in [6.07, 6.45) is 0. The summed E-state index contributed by atoms with van der Waals surface area (Å²) in [6, 6.07) is 7.39. The lowest BCUT2D eigenvalue weighted by atomic mass is 9.89. The Morgan fingerprint density at radius 2 is 1.89 bits per heavy atom. The normalized spacial score (nSPS) is 11.8. The molecule has 1 N–H and O–H groups in total. The average molecular weight is 243 g/mol. The lowest BCUT2D eigenvalue weighted by Crippen LogP contribution is -2.15. The highest BCUT2D eigenvalue weighted by molar-refractivity contribution is 6.02. The highest BCUT2D eigenvalue weighted by Crippen LogP contribution is 2.26. The fraction of sp³-hybridized carbons (Fsp3) is 0.333. The van der Waals surface area contributed by atoms with Gasteiger partial charge in [0.05, 0.1) is 11.1 Å². The Morgan fingerprint density at radius 3 is 2.44 bits per heavy atom. The van der Waals surface area contributed by atoms with Gasteiger partial charge in [-0.25, -0.2) is 4.79 Å². The number of hydrogen-bond donors (Lipinski definition) is 1. The van der Waals surface area contributed by atoms with Gasteiger partial charge in [0.2, 0.25) is 0 Å². The van der Waals surface area contributed by atoms with Gasteiger partial charge < -0.3 is 5.11 Å². The predicted molar refractivity (Wildman–Crippen MR) is 72.1 cm³/mol. The van der Waals surface area contributed by atoms with Crippen LogP contribution in [0.25, 0.3) is 10.9 Å². The molecule has 0 aliphatic rings. The number of carboxylic acids is 1. The SMILES string of the molecule is Cc1ccc2nc(C(C)(C)C)cc(C(=O)O)c2c1. The van der Waals surface area contributed by atoms with Crippen LogP contribution in [0.2, 0.25) is 0 Å². The summed E-state index contributed by atoms with van der Waals surface area (Å²) < 4.78 is 0. The van der Waals surface area contributed by atoms with E-state index in [0.29, 0.717) is 10.9 Å². The van der Waals surface area contributed by atoms with E-state index >= 15 is 0 Å². The van der Waals surface area contributed by atoms with E-state index in [2.05, 4.69) is 4.98 Å². The number of hydrogen-bond acceptors (Lipinski definition) is 2. The molecule has 0 unspecified atom stereocenters. The maximum Gasteiger partial charge on any atom is 0.336 e. The molecule has 0 amide bonds. The van der Waals surface area contributed by atoms with Gasteiger partial charge in [-0.05, 0) is 25.1 Å². The number of rotatable bonds is 1. The Bertz CT molecular complexity index is 624. The maximum atomic E-state index is 11.4. The number of aromatic nitrogens is 1. The number of carbonyl (C=O) groups is 1. The maximum absolute atomic E-state index is 11.4. The lowest BCUT2D eigenvalue weighted by Gasteiger charge is -2.19.